The van der Waals surface area contributed by atoms with Gasteiger partial charge >= 0.3 is 0 Å². The third-order valence-corrected chi connectivity index (χ3v) is 10.4. The quantitative estimate of drug-likeness (QED) is 0.179. The number of nitrogens with zero attached hydrogens (tertiary/aromatic N) is 5. The molecule has 222 valence electrons. The molecule has 0 unspecified atom stereocenters. The Morgan fingerprint density at radius 1 is 1.10 bits per heavy atom. The van der Waals surface area contributed by atoms with Crippen molar-refractivity contribution >= 4 is 90.6 Å². The second-order valence-electron chi connectivity index (χ2n) is 9.14. The van der Waals surface area contributed by atoms with Crippen molar-refractivity contribution in [2.45, 2.75) is 28.6 Å². The number of benzene rings is 1. The van der Waals surface area contributed by atoms with Crippen molar-refractivity contribution in [1.29, 1.82) is 0 Å². The predicted molar refractivity (Wildman–Crippen MR) is 171 cm³/mol. The van der Waals surface area contributed by atoms with Crippen molar-refractivity contribution in [3.05, 3.63) is 71.9 Å². The summed E-state index contributed by atoms with van der Waals surface area (Å²) in [5, 5.41) is 5.79. The Bertz CT molecular complexity index is 1760. The number of hydrogen-bond acceptors (Lipinski definition) is 11. The Balaban J connectivity index is 0.00000202. The number of nitrogens with one attached hydrogen (secondary N) is 1. The van der Waals surface area contributed by atoms with Crippen molar-refractivity contribution in [3.8, 4) is 11.5 Å². The highest BCUT2D eigenvalue weighted by Gasteiger charge is 2.28. The Hall–Kier alpha value is -2.59. The Morgan fingerprint density at radius 3 is 2.60 bits per heavy atom. The molecule has 1 aliphatic rings. The topological polar surface area (TPSA) is 110 Å². The first-order chi connectivity index (χ1) is 19.3. The van der Waals surface area contributed by atoms with Gasteiger partial charge in [0.1, 0.15) is 17.4 Å². The molecule has 0 spiro atoms. The molecule has 5 aromatic rings. The highest BCUT2D eigenvalue weighted by Crippen LogP contribution is 2.39. The molecule has 4 aromatic heterocycles. The van der Waals surface area contributed by atoms with Crippen LogP contribution in [0.15, 0.2) is 70.0 Å². The third-order valence-electron chi connectivity index (χ3n) is 6.36. The molecule has 9 nitrogen and oxygen atoms in total. The average molecular weight is 688 g/mol. The standard InChI is InChI=1S/C26H23FN6O3S4.2ClH/c1-40(34,35)33-11-7-16(8-12-33)24-30-26(39-32-24)31-25-21(36-18-4-2-17(27)3-5-18)14-19(15-29-25)38-22-6-10-28-20-9-13-37-23(20)22;;/h2-6,9-10,13-16H,7-8,11-12H2,1H3,(H,29,30,31,32);2*1H. The molecule has 0 aliphatic carbocycles. The summed E-state index contributed by atoms with van der Waals surface area (Å²) in [5.74, 6) is 1.78. The van der Waals surface area contributed by atoms with E-state index in [1.807, 2.05) is 23.6 Å². The molecule has 0 amide bonds. The molecule has 1 aliphatic heterocycles. The van der Waals surface area contributed by atoms with E-state index in [4.69, 9.17) is 4.74 Å². The first kappa shape index (κ1) is 32.3. The van der Waals surface area contributed by atoms with Gasteiger partial charge in [-0.1, -0.05) is 11.8 Å². The van der Waals surface area contributed by atoms with Crippen molar-refractivity contribution in [2.75, 3.05) is 24.7 Å². The smallest absolute Gasteiger partial charge is 0.211 e. The first-order valence-corrected chi connectivity index (χ1v) is 16.6. The fourth-order valence-electron chi connectivity index (χ4n) is 4.34. The van der Waals surface area contributed by atoms with Crippen LogP contribution in [0.4, 0.5) is 15.3 Å². The van der Waals surface area contributed by atoms with Gasteiger partial charge < -0.3 is 10.1 Å². The number of pyridine rings is 2. The SMILES string of the molecule is CS(=O)(=O)N1CCC(c2nsc(Nc3ncc(Sc4ccnc5ccsc45)cc3Oc3ccc(F)cc3)n2)CC1.Cl.Cl. The van der Waals surface area contributed by atoms with Gasteiger partial charge in [0.15, 0.2) is 11.6 Å². The lowest BCUT2D eigenvalue weighted by Gasteiger charge is -2.28. The highest BCUT2D eigenvalue weighted by atomic mass is 35.5. The monoisotopic (exact) mass is 686 g/mol. The minimum absolute atomic E-state index is 0. The molecule has 0 atom stereocenters. The Kier molecular flexibility index (Phi) is 10.6. The van der Waals surface area contributed by atoms with E-state index in [-0.39, 0.29) is 36.5 Å². The largest absolute Gasteiger partial charge is 0.453 e. The molecule has 0 bridgehead atoms. The van der Waals surface area contributed by atoms with E-state index in [1.165, 1.54) is 34.2 Å². The van der Waals surface area contributed by atoms with E-state index in [2.05, 4.69) is 24.6 Å². The zero-order valence-corrected chi connectivity index (χ0v) is 26.9. The second kappa shape index (κ2) is 13.8. The van der Waals surface area contributed by atoms with E-state index in [1.54, 1.807) is 47.6 Å². The third kappa shape index (κ3) is 7.48. The van der Waals surface area contributed by atoms with Crippen LogP contribution < -0.4 is 10.1 Å². The van der Waals surface area contributed by atoms with Crippen molar-refractivity contribution in [3.63, 3.8) is 0 Å². The lowest BCUT2D eigenvalue weighted by atomic mass is 9.98. The highest BCUT2D eigenvalue weighted by molar-refractivity contribution is 7.99. The van der Waals surface area contributed by atoms with Crippen LogP contribution in [-0.4, -0.2) is 51.4 Å². The normalized spacial score (nSPS) is 14.2. The van der Waals surface area contributed by atoms with E-state index < -0.39 is 10.0 Å². The van der Waals surface area contributed by atoms with E-state index in [0.29, 0.717) is 54.2 Å². The summed E-state index contributed by atoms with van der Waals surface area (Å²) in [5.41, 5.74) is 0.943. The molecular formula is C26H25Cl2FN6O3S4. The van der Waals surface area contributed by atoms with Gasteiger partial charge in [-0.3, -0.25) is 4.98 Å². The van der Waals surface area contributed by atoms with Gasteiger partial charge in [0.05, 0.1) is 16.5 Å². The molecule has 6 rings (SSSR count). The number of piperidine rings is 1. The maximum atomic E-state index is 13.5. The van der Waals surface area contributed by atoms with Crippen molar-refractivity contribution < 1.29 is 17.5 Å². The zero-order valence-electron chi connectivity index (χ0n) is 22.0. The van der Waals surface area contributed by atoms with Gasteiger partial charge in [-0.2, -0.15) is 4.37 Å². The fraction of sp³-hybridized carbons (Fsp3) is 0.231. The summed E-state index contributed by atoms with van der Waals surface area (Å²) in [6.45, 7) is 0.911. The molecular weight excluding hydrogens is 662 g/mol. The van der Waals surface area contributed by atoms with Gasteiger partial charge in [-0.25, -0.2) is 27.1 Å². The number of hydrogen-bond donors (Lipinski definition) is 1. The average Bonchev–Trinajstić information content (AvgIpc) is 3.62. The van der Waals surface area contributed by atoms with E-state index in [9.17, 15) is 12.8 Å². The van der Waals surface area contributed by atoms with Crippen LogP contribution in [0.25, 0.3) is 10.2 Å². The number of rotatable bonds is 8. The number of thiophene rings is 1. The Morgan fingerprint density at radius 2 is 1.86 bits per heavy atom. The summed E-state index contributed by atoms with van der Waals surface area (Å²) in [6, 6.07) is 11.6. The van der Waals surface area contributed by atoms with E-state index in [0.717, 1.165) is 20.0 Å². The van der Waals surface area contributed by atoms with Crippen LogP contribution in [0.3, 0.4) is 0 Å². The van der Waals surface area contributed by atoms with Gasteiger partial charge in [-0.05, 0) is 54.6 Å². The van der Waals surface area contributed by atoms with Crippen LogP contribution in [0, 0.1) is 5.82 Å². The summed E-state index contributed by atoms with van der Waals surface area (Å²) in [4.78, 5) is 15.6. The maximum absolute atomic E-state index is 13.5. The van der Waals surface area contributed by atoms with Crippen LogP contribution in [0.2, 0.25) is 0 Å². The molecule has 16 heteroatoms. The number of fused-ring (bicyclic) bond motifs is 1. The lowest BCUT2D eigenvalue weighted by Crippen LogP contribution is -2.37. The number of ether oxygens (including phenoxy) is 1. The molecule has 0 radical (unpaired) electrons. The summed E-state index contributed by atoms with van der Waals surface area (Å²) in [6.07, 6.45) is 6.11. The number of aromatic nitrogens is 4. The van der Waals surface area contributed by atoms with Gasteiger partial charge in [0.25, 0.3) is 0 Å². The van der Waals surface area contributed by atoms with Crippen LogP contribution >= 0.6 is 59.4 Å². The molecule has 1 N–H and O–H groups in total. The summed E-state index contributed by atoms with van der Waals surface area (Å²) >= 11 is 4.40. The minimum atomic E-state index is -3.20. The van der Waals surface area contributed by atoms with Gasteiger partial charge in [0.2, 0.25) is 15.2 Å². The number of sulfonamides is 1. The minimum Gasteiger partial charge on any atom is -0.453 e. The molecule has 42 heavy (non-hydrogen) atoms. The van der Waals surface area contributed by atoms with Crippen LogP contribution in [0.1, 0.15) is 24.6 Å². The molecule has 1 fully saturated rings. The van der Waals surface area contributed by atoms with E-state index >= 15 is 0 Å². The summed E-state index contributed by atoms with van der Waals surface area (Å²) < 4.78 is 50.4. The first-order valence-electron chi connectivity index (χ1n) is 12.3. The van der Waals surface area contributed by atoms with Crippen LogP contribution in [-0.2, 0) is 10.0 Å². The zero-order chi connectivity index (χ0) is 27.7. The summed E-state index contributed by atoms with van der Waals surface area (Å²) in [7, 11) is -3.20. The lowest BCUT2D eigenvalue weighted by molar-refractivity contribution is 0.316. The molecule has 5 heterocycles. The van der Waals surface area contributed by atoms with Crippen molar-refractivity contribution in [1.82, 2.24) is 23.6 Å². The molecule has 1 aromatic carbocycles. The van der Waals surface area contributed by atoms with Crippen molar-refractivity contribution in [2.24, 2.45) is 0 Å². The predicted octanol–water partition coefficient (Wildman–Crippen LogP) is 7.35. The molecule has 1 saturated heterocycles. The fourth-order valence-corrected chi connectivity index (χ4v) is 7.74. The maximum Gasteiger partial charge on any atom is 0.211 e. The van der Waals surface area contributed by atoms with Crippen LogP contribution in [0.5, 0.6) is 11.5 Å². The number of anilines is 2. The number of halogens is 3. The van der Waals surface area contributed by atoms with Gasteiger partial charge in [0, 0.05) is 58.8 Å². The Labute approximate surface area is 267 Å². The second-order valence-corrected chi connectivity index (χ2v) is 13.9. The van der Waals surface area contributed by atoms with Gasteiger partial charge in [-0.15, -0.1) is 36.2 Å². The molecule has 0 saturated carbocycles.